The summed E-state index contributed by atoms with van der Waals surface area (Å²) in [5.74, 6) is 0.742. The lowest BCUT2D eigenvalue weighted by molar-refractivity contribution is 0.587. The van der Waals surface area contributed by atoms with Crippen LogP contribution in [0.3, 0.4) is 0 Å². The zero-order chi connectivity index (χ0) is 15.1. The lowest BCUT2D eigenvalue weighted by Crippen LogP contribution is -2.22. The third-order valence-corrected chi connectivity index (χ3v) is 4.02. The minimum atomic E-state index is -3.44. The predicted molar refractivity (Wildman–Crippen MR) is 82.1 cm³/mol. The van der Waals surface area contributed by atoms with Gasteiger partial charge in [0.15, 0.2) is 0 Å². The Hall–Kier alpha value is -1.70. The molecule has 0 saturated heterocycles. The molecule has 1 aromatic carbocycles. The second kappa shape index (κ2) is 7.35. The van der Waals surface area contributed by atoms with Gasteiger partial charge >= 0.3 is 0 Å². The number of rotatable bonds is 7. The van der Waals surface area contributed by atoms with Gasteiger partial charge in [-0.25, -0.2) is 18.1 Å². The van der Waals surface area contributed by atoms with Crippen molar-refractivity contribution in [3.63, 3.8) is 0 Å². The molecule has 0 spiro atoms. The molecule has 0 aliphatic carbocycles. The number of benzene rings is 1. The molecule has 0 fully saturated rings. The summed E-state index contributed by atoms with van der Waals surface area (Å²) in [5, 5.41) is 8.20. The van der Waals surface area contributed by atoms with E-state index in [0.29, 0.717) is 24.4 Å². The maximum Gasteiger partial charge on any atom is 0.233 e. The summed E-state index contributed by atoms with van der Waals surface area (Å²) >= 11 is 5.76. The van der Waals surface area contributed by atoms with Gasteiger partial charge in [-0.2, -0.15) is 5.10 Å². The van der Waals surface area contributed by atoms with Crippen LogP contribution in [0, 0.1) is 0 Å². The first-order valence-corrected chi connectivity index (χ1v) is 8.25. The van der Waals surface area contributed by atoms with Crippen molar-refractivity contribution in [2.75, 3.05) is 6.54 Å². The van der Waals surface area contributed by atoms with E-state index < -0.39 is 10.0 Å². The van der Waals surface area contributed by atoms with Crippen LogP contribution in [0.4, 0.5) is 0 Å². The Bertz CT molecular complexity index is 681. The molecular formula is C13H15ClN4O2S. The average Bonchev–Trinajstić information content (AvgIpc) is 2.96. The van der Waals surface area contributed by atoms with E-state index in [1.807, 2.05) is 0 Å². The Balaban J connectivity index is 1.80. The number of halogens is 1. The number of hydrogen-bond acceptors (Lipinski definition) is 4. The SMILES string of the molecule is O=S(=O)(C=Cc1ccc(Cl)cc1)NCCCc1ncn[nH]1. The van der Waals surface area contributed by atoms with E-state index in [4.69, 9.17) is 11.6 Å². The molecule has 1 heterocycles. The number of H-pyrrole nitrogens is 1. The Morgan fingerprint density at radius 3 is 2.71 bits per heavy atom. The predicted octanol–water partition coefficient (Wildman–Crippen LogP) is 1.98. The third kappa shape index (κ3) is 5.66. The van der Waals surface area contributed by atoms with E-state index in [2.05, 4.69) is 19.9 Å². The van der Waals surface area contributed by atoms with Gasteiger partial charge in [0.25, 0.3) is 0 Å². The highest BCUT2D eigenvalue weighted by atomic mass is 35.5. The van der Waals surface area contributed by atoms with Crippen molar-refractivity contribution >= 4 is 27.7 Å². The summed E-state index contributed by atoms with van der Waals surface area (Å²) in [6.07, 6.45) is 4.23. The molecule has 0 saturated carbocycles. The van der Waals surface area contributed by atoms with Crippen LogP contribution in [0.2, 0.25) is 5.02 Å². The first-order valence-electron chi connectivity index (χ1n) is 6.33. The number of aromatic nitrogens is 3. The molecule has 8 heteroatoms. The monoisotopic (exact) mass is 326 g/mol. The molecule has 21 heavy (non-hydrogen) atoms. The van der Waals surface area contributed by atoms with Gasteiger partial charge in [-0.3, -0.25) is 5.10 Å². The van der Waals surface area contributed by atoms with Gasteiger partial charge in [0.1, 0.15) is 12.2 Å². The van der Waals surface area contributed by atoms with Gasteiger partial charge in [0.05, 0.1) is 0 Å². The summed E-state index contributed by atoms with van der Waals surface area (Å²) in [6.45, 7) is 0.341. The second-order valence-corrected chi connectivity index (χ2v) is 6.42. The normalized spacial score (nSPS) is 12.0. The van der Waals surface area contributed by atoms with Gasteiger partial charge < -0.3 is 0 Å². The largest absolute Gasteiger partial charge is 0.263 e. The first kappa shape index (κ1) is 15.7. The summed E-state index contributed by atoms with van der Waals surface area (Å²) in [4.78, 5) is 3.96. The number of nitrogens with one attached hydrogen (secondary N) is 2. The smallest absolute Gasteiger partial charge is 0.233 e. The average molecular weight is 327 g/mol. The third-order valence-electron chi connectivity index (χ3n) is 2.67. The maximum atomic E-state index is 11.8. The van der Waals surface area contributed by atoms with E-state index in [-0.39, 0.29) is 0 Å². The number of aryl methyl sites for hydroxylation is 1. The van der Waals surface area contributed by atoms with Crippen molar-refractivity contribution in [1.29, 1.82) is 0 Å². The molecule has 0 amide bonds. The van der Waals surface area contributed by atoms with Crippen molar-refractivity contribution in [3.05, 3.63) is 52.4 Å². The van der Waals surface area contributed by atoms with Crippen LogP contribution in [0.25, 0.3) is 6.08 Å². The molecule has 2 N–H and O–H groups in total. The molecule has 6 nitrogen and oxygen atoms in total. The standard InChI is InChI=1S/C13H15ClN4O2S/c14-12-5-3-11(4-6-12)7-9-21(19,20)17-8-1-2-13-15-10-16-18-13/h3-7,9-10,17H,1-2,8H2,(H,15,16,18). The van der Waals surface area contributed by atoms with Gasteiger partial charge in [0, 0.05) is 23.4 Å². The summed E-state index contributed by atoms with van der Waals surface area (Å²) in [5.41, 5.74) is 0.770. The van der Waals surface area contributed by atoms with Gasteiger partial charge in [-0.1, -0.05) is 23.7 Å². The lowest BCUT2D eigenvalue weighted by Gasteiger charge is -2.01. The fraction of sp³-hybridized carbons (Fsp3) is 0.231. The zero-order valence-electron chi connectivity index (χ0n) is 11.2. The number of nitrogens with zero attached hydrogens (tertiary/aromatic N) is 2. The van der Waals surface area contributed by atoms with Gasteiger partial charge in [0.2, 0.25) is 10.0 Å². The number of hydrogen-bond donors (Lipinski definition) is 2. The van der Waals surface area contributed by atoms with Crippen molar-refractivity contribution in [2.24, 2.45) is 0 Å². The summed E-state index contributed by atoms with van der Waals surface area (Å²) in [7, 11) is -3.44. The first-order chi connectivity index (χ1) is 10.1. The van der Waals surface area contributed by atoms with E-state index in [0.717, 1.165) is 16.8 Å². The molecule has 0 atom stereocenters. The maximum absolute atomic E-state index is 11.8. The van der Waals surface area contributed by atoms with Crippen LogP contribution in [0.1, 0.15) is 17.8 Å². The summed E-state index contributed by atoms with van der Waals surface area (Å²) in [6, 6.07) is 6.91. The van der Waals surface area contributed by atoms with E-state index >= 15 is 0 Å². The minimum absolute atomic E-state index is 0.341. The molecule has 0 radical (unpaired) electrons. The highest BCUT2D eigenvalue weighted by Gasteiger charge is 2.04. The molecule has 1 aromatic heterocycles. The van der Waals surface area contributed by atoms with Crippen molar-refractivity contribution in [2.45, 2.75) is 12.8 Å². The van der Waals surface area contributed by atoms with Crippen LogP contribution in [-0.4, -0.2) is 30.1 Å². The zero-order valence-corrected chi connectivity index (χ0v) is 12.7. The van der Waals surface area contributed by atoms with E-state index in [9.17, 15) is 8.42 Å². The quantitative estimate of drug-likeness (QED) is 0.762. The molecule has 112 valence electrons. The highest BCUT2D eigenvalue weighted by molar-refractivity contribution is 7.92. The lowest BCUT2D eigenvalue weighted by atomic mass is 10.2. The molecule has 0 bridgehead atoms. The number of aromatic amines is 1. The Morgan fingerprint density at radius 2 is 2.05 bits per heavy atom. The van der Waals surface area contributed by atoms with Gasteiger partial charge in [-0.05, 0) is 30.2 Å². The van der Waals surface area contributed by atoms with E-state index in [1.54, 1.807) is 24.3 Å². The highest BCUT2D eigenvalue weighted by Crippen LogP contribution is 2.11. The van der Waals surface area contributed by atoms with Crippen LogP contribution in [-0.2, 0) is 16.4 Å². The van der Waals surface area contributed by atoms with Crippen LogP contribution in [0.5, 0.6) is 0 Å². The van der Waals surface area contributed by atoms with Crippen LogP contribution < -0.4 is 4.72 Å². The van der Waals surface area contributed by atoms with E-state index in [1.165, 1.54) is 12.4 Å². The molecular weight excluding hydrogens is 312 g/mol. The van der Waals surface area contributed by atoms with Crippen molar-refractivity contribution < 1.29 is 8.42 Å². The summed E-state index contributed by atoms with van der Waals surface area (Å²) < 4.78 is 26.0. The van der Waals surface area contributed by atoms with Crippen LogP contribution >= 0.6 is 11.6 Å². The molecule has 0 aliphatic heterocycles. The van der Waals surface area contributed by atoms with Crippen LogP contribution in [0.15, 0.2) is 36.0 Å². The molecule has 0 aliphatic rings. The topological polar surface area (TPSA) is 87.7 Å². The Kier molecular flexibility index (Phi) is 5.49. The van der Waals surface area contributed by atoms with Gasteiger partial charge in [-0.15, -0.1) is 0 Å². The Labute approximate surface area is 128 Å². The molecule has 2 rings (SSSR count). The minimum Gasteiger partial charge on any atom is -0.263 e. The Morgan fingerprint density at radius 1 is 1.29 bits per heavy atom. The fourth-order valence-corrected chi connectivity index (χ4v) is 2.60. The van der Waals surface area contributed by atoms with Crippen molar-refractivity contribution in [1.82, 2.24) is 19.9 Å². The second-order valence-electron chi connectivity index (χ2n) is 4.33. The number of sulfonamides is 1. The molecule has 0 unspecified atom stereocenters. The fourth-order valence-electron chi connectivity index (χ4n) is 1.61. The van der Waals surface area contributed by atoms with Crippen molar-refractivity contribution in [3.8, 4) is 0 Å². The molecule has 2 aromatic rings.